The number of amides is 1. The largest absolute Gasteiger partial charge is 0.296 e. The van der Waals surface area contributed by atoms with Gasteiger partial charge in [-0.2, -0.15) is 0 Å². The minimum atomic E-state index is -3.70. The summed E-state index contributed by atoms with van der Waals surface area (Å²) in [5, 5.41) is 11.7. The summed E-state index contributed by atoms with van der Waals surface area (Å²) in [5.74, 6) is -0.371. The first-order chi connectivity index (χ1) is 15.3. The number of anilines is 2. The van der Waals surface area contributed by atoms with Crippen molar-refractivity contribution < 1.29 is 13.2 Å². The SMILES string of the molecule is Cc1ccc(S(=O)(=O)N(C)c2ccc(C(=O)Nc3nnc(-c4ccccn4)s3)cc2)cc1. The molecule has 2 aromatic carbocycles. The number of aryl methyl sites for hydroxylation is 1. The van der Waals surface area contributed by atoms with Gasteiger partial charge in [0.15, 0.2) is 5.01 Å². The molecule has 4 rings (SSSR count). The minimum Gasteiger partial charge on any atom is -0.296 e. The van der Waals surface area contributed by atoms with Gasteiger partial charge in [0.25, 0.3) is 15.9 Å². The quantitative estimate of drug-likeness (QED) is 0.462. The highest BCUT2D eigenvalue weighted by atomic mass is 32.2. The number of rotatable bonds is 6. The zero-order valence-electron chi connectivity index (χ0n) is 17.3. The van der Waals surface area contributed by atoms with Crippen molar-refractivity contribution in [2.75, 3.05) is 16.7 Å². The third kappa shape index (κ3) is 4.51. The normalized spacial score (nSPS) is 11.2. The van der Waals surface area contributed by atoms with Crippen LogP contribution >= 0.6 is 11.3 Å². The number of nitrogens with zero attached hydrogens (tertiary/aromatic N) is 4. The van der Waals surface area contributed by atoms with E-state index in [9.17, 15) is 13.2 Å². The van der Waals surface area contributed by atoms with Crippen molar-refractivity contribution in [1.29, 1.82) is 0 Å². The first-order valence-electron chi connectivity index (χ1n) is 9.56. The summed E-state index contributed by atoms with van der Waals surface area (Å²) < 4.78 is 26.9. The van der Waals surface area contributed by atoms with Gasteiger partial charge in [-0.15, -0.1) is 10.2 Å². The summed E-state index contributed by atoms with van der Waals surface area (Å²) in [6.45, 7) is 1.89. The molecule has 2 heterocycles. The molecule has 2 aromatic heterocycles. The molecule has 4 aromatic rings. The number of hydrogen-bond donors (Lipinski definition) is 1. The number of benzene rings is 2. The van der Waals surface area contributed by atoms with Crippen LogP contribution in [0.3, 0.4) is 0 Å². The standard InChI is InChI=1S/C22H19N5O3S2/c1-15-6-12-18(13-7-15)32(29,30)27(2)17-10-8-16(9-11-17)20(28)24-22-26-25-21(31-22)19-5-3-4-14-23-19/h3-14H,1-2H3,(H,24,26,28). The number of aromatic nitrogens is 3. The first-order valence-corrected chi connectivity index (χ1v) is 11.8. The number of carbonyl (C=O) groups is 1. The molecule has 0 atom stereocenters. The van der Waals surface area contributed by atoms with Crippen LogP contribution < -0.4 is 9.62 Å². The fraction of sp³-hybridized carbons (Fsp3) is 0.0909. The number of hydrogen-bond acceptors (Lipinski definition) is 7. The molecule has 32 heavy (non-hydrogen) atoms. The van der Waals surface area contributed by atoms with Crippen LogP contribution in [-0.4, -0.2) is 36.6 Å². The van der Waals surface area contributed by atoms with Gasteiger partial charge in [0.2, 0.25) is 5.13 Å². The predicted molar refractivity (Wildman–Crippen MR) is 124 cm³/mol. The van der Waals surface area contributed by atoms with Gasteiger partial charge in [0.05, 0.1) is 10.6 Å². The molecule has 0 aliphatic rings. The molecule has 10 heteroatoms. The molecule has 0 fully saturated rings. The van der Waals surface area contributed by atoms with Gasteiger partial charge in [-0.3, -0.25) is 19.4 Å². The number of carbonyl (C=O) groups excluding carboxylic acids is 1. The van der Waals surface area contributed by atoms with Crippen molar-refractivity contribution in [3.63, 3.8) is 0 Å². The average molecular weight is 466 g/mol. The Balaban J connectivity index is 1.47. The summed E-state index contributed by atoms with van der Waals surface area (Å²) in [4.78, 5) is 17.0. The van der Waals surface area contributed by atoms with Crippen LogP contribution in [0.4, 0.5) is 10.8 Å². The zero-order valence-corrected chi connectivity index (χ0v) is 18.9. The summed E-state index contributed by atoms with van der Waals surface area (Å²) in [5.41, 5.74) is 2.46. The summed E-state index contributed by atoms with van der Waals surface area (Å²) in [7, 11) is -2.23. The molecule has 0 aliphatic heterocycles. The van der Waals surface area contributed by atoms with Gasteiger partial charge in [-0.1, -0.05) is 35.1 Å². The second-order valence-electron chi connectivity index (χ2n) is 6.91. The van der Waals surface area contributed by atoms with Crippen molar-refractivity contribution in [2.45, 2.75) is 11.8 Å². The molecular weight excluding hydrogens is 446 g/mol. The van der Waals surface area contributed by atoms with Crippen molar-refractivity contribution in [3.05, 3.63) is 84.1 Å². The van der Waals surface area contributed by atoms with E-state index in [2.05, 4.69) is 20.5 Å². The lowest BCUT2D eigenvalue weighted by Crippen LogP contribution is -2.26. The Labute approximate surface area is 189 Å². The van der Waals surface area contributed by atoms with Crippen molar-refractivity contribution in [1.82, 2.24) is 15.2 Å². The maximum absolute atomic E-state index is 12.9. The van der Waals surface area contributed by atoms with E-state index in [1.807, 2.05) is 19.1 Å². The van der Waals surface area contributed by atoms with Crippen LogP contribution in [0.25, 0.3) is 10.7 Å². The Morgan fingerprint density at radius 2 is 1.69 bits per heavy atom. The summed E-state index contributed by atoms with van der Waals surface area (Å²) >= 11 is 1.21. The highest BCUT2D eigenvalue weighted by Crippen LogP contribution is 2.26. The second kappa shape index (κ2) is 8.85. The third-order valence-corrected chi connectivity index (χ3v) is 7.36. The molecule has 0 radical (unpaired) electrons. The van der Waals surface area contributed by atoms with Crippen molar-refractivity contribution in [3.8, 4) is 10.7 Å². The Kier molecular flexibility index (Phi) is 5.97. The van der Waals surface area contributed by atoms with E-state index in [0.29, 0.717) is 27.1 Å². The van der Waals surface area contributed by atoms with E-state index in [1.165, 1.54) is 22.7 Å². The van der Waals surface area contributed by atoms with Gasteiger partial charge in [0, 0.05) is 18.8 Å². The molecule has 0 saturated carbocycles. The van der Waals surface area contributed by atoms with E-state index < -0.39 is 10.0 Å². The first kappa shape index (κ1) is 21.6. The highest BCUT2D eigenvalue weighted by Gasteiger charge is 2.21. The van der Waals surface area contributed by atoms with Gasteiger partial charge >= 0.3 is 0 Å². The van der Waals surface area contributed by atoms with E-state index in [0.717, 1.165) is 5.56 Å². The van der Waals surface area contributed by atoms with Crippen LogP contribution in [0.15, 0.2) is 77.8 Å². The maximum Gasteiger partial charge on any atom is 0.264 e. The van der Waals surface area contributed by atoms with Crippen LogP contribution in [0, 0.1) is 6.92 Å². The van der Waals surface area contributed by atoms with E-state index in [-0.39, 0.29) is 10.8 Å². The molecule has 0 spiro atoms. The Morgan fingerprint density at radius 3 is 2.34 bits per heavy atom. The van der Waals surface area contributed by atoms with E-state index >= 15 is 0 Å². The monoisotopic (exact) mass is 465 g/mol. The number of sulfonamides is 1. The fourth-order valence-corrected chi connectivity index (χ4v) is 4.78. The van der Waals surface area contributed by atoms with E-state index in [4.69, 9.17) is 0 Å². The Bertz CT molecular complexity index is 1340. The van der Waals surface area contributed by atoms with E-state index in [1.54, 1.807) is 60.8 Å². The average Bonchev–Trinajstić information content (AvgIpc) is 3.28. The molecule has 1 amide bonds. The summed E-state index contributed by atoms with van der Waals surface area (Å²) in [6.07, 6.45) is 1.66. The van der Waals surface area contributed by atoms with Crippen LogP contribution in [0.2, 0.25) is 0 Å². The molecular formula is C22H19N5O3S2. The fourth-order valence-electron chi connectivity index (χ4n) is 2.87. The number of nitrogens with one attached hydrogen (secondary N) is 1. The predicted octanol–water partition coefficient (Wildman–Crippen LogP) is 3.99. The number of pyridine rings is 1. The van der Waals surface area contributed by atoms with Gasteiger partial charge in [0.1, 0.15) is 5.69 Å². The lowest BCUT2D eigenvalue weighted by molar-refractivity contribution is 0.102. The van der Waals surface area contributed by atoms with Gasteiger partial charge in [-0.25, -0.2) is 8.42 Å². The zero-order chi connectivity index (χ0) is 22.7. The van der Waals surface area contributed by atoms with Crippen molar-refractivity contribution in [2.24, 2.45) is 0 Å². The van der Waals surface area contributed by atoms with Gasteiger partial charge < -0.3 is 0 Å². The molecule has 0 unspecified atom stereocenters. The topological polar surface area (TPSA) is 105 Å². The second-order valence-corrected chi connectivity index (χ2v) is 9.86. The minimum absolute atomic E-state index is 0.201. The van der Waals surface area contributed by atoms with Gasteiger partial charge in [-0.05, 0) is 55.5 Å². The lowest BCUT2D eigenvalue weighted by atomic mass is 10.2. The molecule has 0 aliphatic carbocycles. The summed E-state index contributed by atoms with van der Waals surface area (Å²) in [6, 6.07) is 18.4. The molecule has 1 N–H and O–H groups in total. The maximum atomic E-state index is 12.9. The molecule has 0 saturated heterocycles. The van der Waals surface area contributed by atoms with Crippen LogP contribution in [-0.2, 0) is 10.0 Å². The smallest absolute Gasteiger partial charge is 0.264 e. The molecule has 8 nitrogen and oxygen atoms in total. The molecule has 0 bridgehead atoms. The Morgan fingerprint density at radius 1 is 0.969 bits per heavy atom. The highest BCUT2D eigenvalue weighted by molar-refractivity contribution is 7.92. The van der Waals surface area contributed by atoms with Crippen LogP contribution in [0.5, 0.6) is 0 Å². The van der Waals surface area contributed by atoms with Crippen molar-refractivity contribution >= 4 is 38.1 Å². The molecule has 162 valence electrons. The lowest BCUT2D eigenvalue weighted by Gasteiger charge is -2.19. The van der Waals surface area contributed by atoms with Crippen LogP contribution in [0.1, 0.15) is 15.9 Å². The third-order valence-electron chi connectivity index (χ3n) is 4.70. The Hall–Kier alpha value is -3.63.